The van der Waals surface area contributed by atoms with Crippen molar-refractivity contribution in [2.45, 2.75) is 13.8 Å². The Balaban J connectivity index is 2.13. The fraction of sp³-hybridized carbons (Fsp3) is 0.190. The van der Waals surface area contributed by atoms with Crippen LogP contribution in [-0.4, -0.2) is 24.6 Å². The van der Waals surface area contributed by atoms with Gasteiger partial charge in [0, 0.05) is 17.2 Å². The number of aromatic hydroxyl groups is 1. The van der Waals surface area contributed by atoms with Crippen LogP contribution in [0.1, 0.15) is 29.8 Å². The van der Waals surface area contributed by atoms with E-state index in [1.807, 2.05) is 32.1 Å². The van der Waals surface area contributed by atoms with E-state index in [9.17, 15) is 9.90 Å². The van der Waals surface area contributed by atoms with Gasteiger partial charge in [-0.25, -0.2) is 0 Å². The van der Waals surface area contributed by atoms with Gasteiger partial charge in [-0.3, -0.25) is 4.79 Å². The molecule has 4 heteroatoms. The summed E-state index contributed by atoms with van der Waals surface area (Å²) in [5.41, 5.74) is 2.43. The molecule has 4 nitrogen and oxygen atoms in total. The van der Waals surface area contributed by atoms with Gasteiger partial charge in [-0.15, -0.1) is 0 Å². The minimum atomic E-state index is -0.147. The van der Waals surface area contributed by atoms with E-state index in [1.165, 1.54) is 18.2 Å². The molecule has 0 radical (unpaired) electrons. The van der Waals surface area contributed by atoms with Crippen LogP contribution in [0.4, 0.5) is 0 Å². The molecule has 0 spiro atoms. The van der Waals surface area contributed by atoms with Gasteiger partial charge in [0.05, 0.1) is 7.11 Å². The summed E-state index contributed by atoms with van der Waals surface area (Å²) in [6.07, 6.45) is 5.19. The van der Waals surface area contributed by atoms with Crippen molar-refractivity contribution >= 4 is 11.9 Å². The highest BCUT2D eigenvalue weighted by molar-refractivity contribution is 6.07. The van der Waals surface area contributed by atoms with E-state index in [-0.39, 0.29) is 11.5 Å². The Morgan fingerprint density at radius 2 is 1.88 bits per heavy atom. The molecule has 2 rings (SSSR count). The minimum absolute atomic E-state index is 0.131. The Morgan fingerprint density at radius 3 is 2.52 bits per heavy atom. The number of rotatable bonds is 7. The van der Waals surface area contributed by atoms with Crippen molar-refractivity contribution in [1.82, 2.24) is 0 Å². The molecule has 25 heavy (non-hydrogen) atoms. The first kappa shape index (κ1) is 18.3. The van der Waals surface area contributed by atoms with Crippen molar-refractivity contribution in [2.24, 2.45) is 0 Å². The molecule has 0 aromatic heterocycles. The molecule has 0 aliphatic carbocycles. The van der Waals surface area contributed by atoms with Gasteiger partial charge in [0.2, 0.25) is 0 Å². The van der Waals surface area contributed by atoms with E-state index in [1.54, 1.807) is 31.4 Å². The molecule has 0 heterocycles. The summed E-state index contributed by atoms with van der Waals surface area (Å²) in [5, 5.41) is 9.27. The van der Waals surface area contributed by atoms with E-state index in [4.69, 9.17) is 9.47 Å². The second-order valence-electron chi connectivity index (χ2n) is 5.57. The molecule has 2 aromatic rings. The molecule has 0 atom stereocenters. The molecule has 130 valence electrons. The maximum Gasteiger partial charge on any atom is 0.185 e. The number of methoxy groups -OCH3 is 1. The Hall–Kier alpha value is -3.01. The number of ether oxygens (including phenoxy) is 2. The topological polar surface area (TPSA) is 55.8 Å². The molecule has 2 aromatic carbocycles. The monoisotopic (exact) mass is 338 g/mol. The van der Waals surface area contributed by atoms with Crippen LogP contribution in [0.5, 0.6) is 17.2 Å². The zero-order valence-corrected chi connectivity index (χ0v) is 14.7. The Kier molecular flexibility index (Phi) is 6.40. The number of ketones is 1. The van der Waals surface area contributed by atoms with E-state index < -0.39 is 0 Å². The molecular formula is C21H22O4. The zero-order chi connectivity index (χ0) is 18.2. The zero-order valence-electron chi connectivity index (χ0n) is 14.7. The van der Waals surface area contributed by atoms with Crippen LogP contribution in [0.2, 0.25) is 0 Å². The highest BCUT2D eigenvalue weighted by Gasteiger charge is 2.05. The summed E-state index contributed by atoms with van der Waals surface area (Å²) in [7, 11) is 1.58. The average molecular weight is 338 g/mol. The lowest BCUT2D eigenvalue weighted by atomic mass is 10.1. The van der Waals surface area contributed by atoms with Crippen molar-refractivity contribution < 1.29 is 19.4 Å². The number of benzene rings is 2. The van der Waals surface area contributed by atoms with E-state index in [0.29, 0.717) is 23.7 Å². The first-order chi connectivity index (χ1) is 12.0. The van der Waals surface area contributed by atoms with Gasteiger partial charge in [0.1, 0.15) is 23.9 Å². The quantitative estimate of drug-likeness (QED) is 0.454. The number of allylic oxidation sites excluding steroid dienone is 2. The summed E-state index contributed by atoms with van der Waals surface area (Å²) in [4.78, 5) is 12.2. The maximum absolute atomic E-state index is 12.2. The smallest absolute Gasteiger partial charge is 0.185 e. The molecule has 0 saturated heterocycles. The number of phenolic OH excluding ortho intramolecular Hbond substituents is 1. The molecule has 0 saturated carbocycles. The van der Waals surface area contributed by atoms with E-state index in [2.05, 4.69) is 0 Å². The predicted octanol–water partition coefficient (Wildman–Crippen LogP) is 4.64. The van der Waals surface area contributed by atoms with Gasteiger partial charge in [-0.1, -0.05) is 6.08 Å². The normalized spacial score (nSPS) is 11.6. The van der Waals surface area contributed by atoms with Crippen molar-refractivity contribution in [3.8, 4) is 17.2 Å². The third-order valence-corrected chi connectivity index (χ3v) is 3.73. The average Bonchev–Trinajstić information content (AvgIpc) is 2.64. The number of phenols is 1. The van der Waals surface area contributed by atoms with Gasteiger partial charge < -0.3 is 14.6 Å². The van der Waals surface area contributed by atoms with E-state index >= 15 is 0 Å². The van der Waals surface area contributed by atoms with Crippen LogP contribution in [0, 0.1) is 0 Å². The Morgan fingerprint density at radius 1 is 1.16 bits per heavy atom. The highest BCUT2D eigenvalue weighted by atomic mass is 16.5. The summed E-state index contributed by atoms with van der Waals surface area (Å²) >= 11 is 0. The van der Waals surface area contributed by atoms with Crippen molar-refractivity contribution in [3.63, 3.8) is 0 Å². The number of carbonyl (C=O) groups is 1. The van der Waals surface area contributed by atoms with Crippen LogP contribution < -0.4 is 9.47 Å². The van der Waals surface area contributed by atoms with Gasteiger partial charge in [0.15, 0.2) is 5.78 Å². The first-order valence-electron chi connectivity index (χ1n) is 7.97. The molecule has 0 unspecified atom stereocenters. The van der Waals surface area contributed by atoms with Crippen LogP contribution in [0.3, 0.4) is 0 Å². The number of hydrogen-bond acceptors (Lipinski definition) is 4. The third kappa shape index (κ3) is 5.24. The number of carbonyl (C=O) groups excluding carboxylic acids is 1. The molecule has 0 aliphatic rings. The second-order valence-corrected chi connectivity index (χ2v) is 5.57. The lowest BCUT2D eigenvalue weighted by Crippen LogP contribution is -1.99. The van der Waals surface area contributed by atoms with Crippen molar-refractivity contribution in [1.29, 1.82) is 0 Å². The van der Waals surface area contributed by atoms with Gasteiger partial charge in [0.25, 0.3) is 0 Å². The van der Waals surface area contributed by atoms with Crippen LogP contribution in [0.15, 0.2) is 60.2 Å². The number of hydrogen-bond donors (Lipinski definition) is 1. The van der Waals surface area contributed by atoms with E-state index in [0.717, 1.165) is 11.1 Å². The second kappa shape index (κ2) is 8.73. The van der Waals surface area contributed by atoms with Gasteiger partial charge in [-0.05, 0) is 68.0 Å². The fourth-order valence-electron chi connectivity index (χ4n) is 2.09. The fourth-order valence-corrected chi connectivity index (χ4v) is 2.09. The predicted molar refractivity (Wildman–Crippen MR) is 99.4 cm³/mol. The summed E-state index contributed by atoms with van der Waals surface area (Å²) in [6.45, 7) is 4.50. The molecule has 0 aliphatic heterocycles. The summed E-state index contributed by atoms with van der Waals surface area (Å²) < 4.78 is 11.1. The third-order valence-electron chi connectivity index (χ3n) is 3.73. The van der Waals surface area contributed by atoms with Crippen molar-refractivity contribution in [2.75, 3.05) is 13.7 Å². The van der Waals surface area contributed by atoms with Crippen molar-refractivity contribution in [3.05, 3.63) is 71.3 Å². The van der Waals surface area contributed by atoms with Crippen LogP contribution in [0.25, 0.3) is 6.08 Å². The summed E-state index contributed by atoms with van der Waals surface area (Å²) in [5.74, 6) is 1.32. The molecule has 0 fully saturated rings. The van der Waals surface area contributed by atoms with Gasteiger partial charge >= 0.3 is 0 Å². The van der Waals surface area contributed by atoms with Crippen LogP contribution in [-0.2, 0) is 0 Å². The lowest BCUT2D eigenvalue weighted by Gasteiger charge is -2.10. The largest absolute Gasteiger partial charge is 0.508 e. The Bertz CT molecular complexity index is 786. The van der Waals surface area contributed by atoms with Gasteiger partial charge in [-0.2, -0.15) is 0 Å². The molecular weight excluding hydrogens is 316 g/mol. The Labute approximate surface area is 148 Å². The first-order valence-corrected chi connectivity index (χ1v) is 7.97. The SMILES string of the molecule is CC=C(C)COc1ccc(/C=C/C(=O)c2ccc(O)cc2)c(OC)c1. The molecule has 0 bridgehead atoms. The molecule has 0 amide bonds. The summed E-state index contributed by atoms with van der Waals surface area (Å²) in [6, 6.07) is 11.6. The van der Waals surface area contributed by atoms with Crippen LogP contribution >= 0.6 is 0 Å². The minimum Gasteiger partial charge on any atom is -0.508 e. The maximum atomic E-state index is 12.2. The highest BCUT2D eigenvalue weighted by Crippen LogP contribution is 2.26. The molecule has 1 N–H and O–H groups in total. The lowest BCUT2D eigenvalue weighted by molar-refractivity contribution is 0.104. The standard InChI is InChI=1S/C21H22O4/c1-4-15(2)14-25-19-11-7-17(21(13-19)24-3)8-12-20(23)16-5-9-18(22)10-6-16/h4-13,22H,14H2,1-3H3/b12-8+,15-4?.